The van der Waals surface area contributed by atoms with Crippen LogP contribution in [0.2, 0.25) is 0 Å². The van der Waals surface area contributed by atoms with Gasteiger partial charge in [-0.2, -0.15) is 0 Å². The molecule has 0 radical (unpaired) electrons. The van der Waals surface area contributed by atoms with Crippen LogP contribution < -0.4 is 5.73 Å². The molecule has 1 heteroatoms. The summed E-state index contributed by atoms with van der Waals surface area (Å²) in [5.74, 6) is 0.384. The minimum Gasteiger partial charge on any atom is -0.399 e. The summed E-state index contributed by atoms with van der Waals surface area (Å²) < 4.78 is 0. The third kappa shape index (κ3) is 2.38. The molecule has 0 saturated heterocycles. The Balaban J connectivity index is 2.36. The zero-order valence-corrected chi connectivity index (χ0v) is 8.85. The number of nitrogens with two attached hydrogens (primary N) is 1. The van der Waals surface area contributed by atoms with Crippen molar-refractivity contribution in [2.75, 3.05) is 0 Å². The lowest BCUT2D eigenvalue weighted by molar-refractivity contribution is 0.933. The highest BCUT2D eigenvalue weighted by Gasteiger charge is 2.03. The first-order chi connectivity index (χ1) is 7.25. The third-order valence-electron chi connectivity index (χ3n) is 2.46. The predicted molar refractivity (Wildman–Crippen MR) is 65.0 cm³/mol. The van der Waals surface area contributed by atoms with Crippen molar-refractivity contribution in [1.29, 1.82) is 0 Å². The summed E-state index contributed by atoms with van der Waals surface area (Å²) in [5, 5.41) is 0. The van der Waals surface area contributed by atoms with Gasteiger partial charge in [-0.3, -0.25) is 0 Å². The van der Waals surface area contributed by atoms with E-state index in [1.807, 2.05) is 12.1 Å². The predicted octanol–water partition coefficient (Wildman–Crippen LogP) is 3.12. The zero-order chi connectivity index (χ0) is 10.7. The molecule has 15 heavy (non-hydrogen) atoms. The number of rotatable bonds is 1. The van der Waals surface area contributed by atoms with Gasteiger partial charge >= 0.3 is 0 Å². The Bertz CT molecular complexity index is 424. The Hall–Kier alpha value is -1.76. The van der Waals surface area contributed by atoms with Crippen molar-refractivity contribution < 1.29 is 0 Å². The first-order valence-corrected chi connectivity index (χ1v) is 5.18. The molecule has 2 rings (SSSR count). The average Bonchev–Trinajstić information content (AvgIpc) is 2.41. The van der Waals surface area contributed by atoms with E-state index in [-0.39, 0.29) is 0 Å². The van der Waals surface area contributed by atoms with Crippen molar-refractivity contribution in [2.45, 2.75) is 6.92 Å². The maximum Gasteiger partial charge on any atom is 0.0279 e. The van der Waals surface area contributed by atoms with Gasteiger partial charge < -0.3 is 5.73 Å². The minimum atomic E-state index is 0.384. The molecule has 1 nitrogen and oxygen atoms in total. The van der Waals surface area contributed by atoms with Crippen LogP contribution in [-0.2, 0) is 0 Å². The molecule has 0 aliphatic heterocycles. The third-order valence-corrected chi connectivity index (χ3v) is 2.46. The Kier molecular flexibility index (Phi) is 2.72. The molecule has 0 amide bonds. The summed E-state index contributed by atoms with van der Waals surface area (Å²) in [5.41, 5.74) is 9.12. The van der Waals surface area contributed by atoms with Gasteiger partial charge in [-0.05, 0) is 23.1 Å². The van der Waals surface area contributed by atoms with Gasteiger partial charge in [-0.15, -0.1) is 0 Å². The maximum absolute atomic E-state index is 5.81. The Labute approximate surface area is 90.6 Å². The fraction of sp³-hybridized carbons (Fsp3) is 0.143. The minimum absolute atomic E-state index is 0.384. The van der Waals surface area contributed by atoms with Crippen LogP contribution in [0.3, 0.4) is 0 Å². The Morgan fingerprint density at radius 1 is 1.00 bits per heavy atom. The van der Waals surface area contributed by atoms with Crippen molar-refractivity contribution >= 4 is 5.57 Å². The van der Waals surface area contributed by atoms with Gasteiger partial charge in [0, 0.05) is 5.70 Å². The quantitative estimate of drug-likeness (QED) is 0.735. The second kappa shape index (κ2) is 4.18. The van der Waals surface area contributed by atoms with Crippen molar-refractivity contribution in [1.82, 2.24) is 0 Å². The summed E-state index contributed by atoms with van der Waals surface area (Å²) in [7, 11) is 0. The van der Waals surface area contributed by atoms with Crippen molar-refractivity contribution in [3.05, 3.63) is 65.9 Å². The molecule has 2 N–H and O–H groups in total. The number of benzene rings is 1. The SMILES string of the molecule is CC1C=C(N)C=CC(c2ccccc2)=C1. The summed E-state index contributed by atoms with van der Waals surface area (Å²) in [6, 6.07) is 10.4. The molecule has 1 aromatic carbocycles. The van der Waals surface area contributed by atoms with Gasteiger partial charge in [0.1, 0.15) is 0 Å². The van der Waals surface area contributed by atoms with Gasteiger partial charge in [0.05, 0.1) is 0 Å². The van der Waals surface area contributed by atoms with Crippen molar-refractivity contribution in [2.24, 2.45) is 11.7 Å². The van der Waals surface area contributed by atoms with E-state index in [4.69, 9.17) is 5.73 Å². The molecule has 1 atom stereocenters. The first kappa shape index (κ1) is 9.78. The van der Waals surface area contributed by atoms with E-state index >= 15 is 0 Å². The fourth-order valence-corrected chi connectivity index (χ4v) is 1.76. The molecular formula is C14H15N. The smallest absolute Gasteiger partial charge is 0.0279 e. The fourth-order valence-electron chi connectivity index (χ4n) is 1.76. The maximum atomic E-state index is 5.81. The normalized spacial score (nSPS) is 20.5. The Morgan fingerprint density at radius 2 is 1.73 bits per heavy atom. The van der Waals surface area contributed by atoms with Crippen LogP contribution in [0, 0.1) is 5.92 Å². The van der Waals surface area contributed by atoms with Gasteiger partial charge in [-0.25, -0.2) is 0 Å². The van der Waals surface area contributed by atoms with E-state index in [9.17, 15) is 0 Å². The molecule has 0 saturated carbocycles. The number of hydrogen-bond donors (Lipinski definition) is 1. The van der Waals surface area contributed by atoms with Crippen LogP contribution >= 0.6 is 0 Å². The van der Waals surface area contributed by atoms with Crippen molar-refractivity contribution in [3.63, 3.8) is 0 Å². The summed E-state index contributed by atoms with van der Waals surface area (Å²) in [4.78, 5) is 0. The van der Waals surface area contributed by atoms with Gasteiger partial charge in [0.2, 0.25) is 0 Å². The van der Waals surface area contributed by atoms with Crippen LogP contribution in [-0.4, -0.2) is 0 Å². The monoisotopic (exact) mass is 197 g/mol. The second-order valence-corrected chi connectivity index (χ2v) is 3.85. The van der Waals surface area contributed by atoms with Gasteiger partial charge in [0.25, 0.3) is 0 Å². The lowest BCUT2D eigenvalue weighted by atomic mass is 10.0. The second-order valence-electron chi connectivity index (χ2n) is 3.85. The highest BCUT2D eigenvalue weighted by atomic mass is 14.6. The molecule has 76 valence electrons. The standard InChI is InChI=1S/C14H15N/c1-11-9-13(7-8-14(15)10-11)12-5-3-2-4-6-12/h2-11H,15H2,1H3. The molecule has 0 heterocycles. The highest BCUT2D eigenvalue weighted by Crippen LogP contribution is 2.21. The van der Waals surface area contributed by atoms with E-state index < -0.39 is 0 Å². The molecule has 0 fully saturated rings. The molecule has 1 unspecified atom stereocenters. The van der Waals surface area contributed by atoms with Crippen molar-refractivity contribution in [3.8, 4) is 0 Å². The van der Waals surface area contributed by atoms with Gasteiger partial charge in [-0.1, -0.05) is 55.5 Å². The number of allylic oxidation sites excluding steroid dienone is 5. The molecular weight excluding hydrogens is 182 g/mol. The largest absolute Gasteiger partial charge is 0.399 e. The van der Waals surface area contributed by atoms with Crippen LogP contribution in [0.25, 0.3) is 5.57 Å². The lowest BCUT2D eigenvalue weighted by Gasteiger charge is -2.03. The zero-order valence-electron chi connectivity index (χ0n) is 8.85. The average molecular weight is 197 g/mol. The van der Waals surface area contributed by atoms with Crippen LogP contribution in [0.4, 0.5) is 0 Å². The van der Waals surface area contributed by atoms with E-state index in [1.54, 1.807) is 0 Å². The summed E-state index contributed by atoms with van der Waals surface area (Å²) in [6.07, 6.45) is 8.32. The number of hydrogen-bond acceptors (Lipinski definition) is 1. The Morgan fingerprint density at radius 3 is 2.47 bits per heavy atom. The van der Waals surface area contributed by atoms with E-state index in [1.165, 1.54) is 11.1 Å². The van der Waals surface area contributed by atoms with E-state index in [0.29, 0.717) is 5.92 Å². The van der Waals surface area contributed by atoms with Crippen LogP contribution in [0.5, 0.6) is 0 Å². The molecule has 1 aliphatic rings. The topological polar surface area (TPSA) is 26.0 Å². The lowest BCUT2D eigenvalue weighted by Crippen LogP contribution is -1.94. The summed E-state index contributed by atoms with van der Waals surface area (Å²) in [6.45, 7) is 2.14. The van der Waals surface area contributed by atoms with Gasteiger partial charge in [0.15, 0.2) is 0 Å². The molecule has 1 aliphatic carbocycles. The first-order valence-electron chi connectivity index (χ1n) is 5.18. The molecule has 0 spiro atoms. The highest BCUT2D eigenvalue weighted by molar-refractivity contribution is 5.75. The van der Waals surface area contributed by atoms with Crippen LogP contribution in [0.15, 0.2) is 60.3 Å². The summed E-state index contributed by atoms with van der Waals surface area (Å²) >= 11 is 0. The molecule has 1 aromatic rings. The van der Waals surface area contributed by atoms with Crippen LogP contribution in [0.1, 0.15) is 12.5 Å². The molecule has 0 bridgehead atoms. The van der Waals surface area contributed by atoms with E-state index in [2.05, 4.69) is 49.4 Å². The molecule has 0 aromatic heterocycles. The van der Waals surface area contributed by atoms with E-state index in [0.717, 1.165) is 5.70 Å².